The minimum absolute atomic E-state index is 0.188. The Morgan fingerprint density at radius 2 is 1.95 bits per heavy atom. The Bertz CT molecular complexity index is 424. The zero-order chi connectivity index (χ0) is 14.8. The Labute approximate surface area is 119 Å². The summed E-state index contributed by atoms with van der Waals surface area (Å²) in [5.41, 5.74) is 1.14. The van der Waals surface area contributed by atoms with Crippen LogP contribution >= 0.6 is 0 Å². The molecular formula is C16H23F2NO. The van der Waals surface area contributed by atoms with Gasteiger partial charge in [0.15, 0.2) is 0 Å². The number of likely N-dealkylation sites (tertiary alicyclic amines) is 1. The Kier molecular flexibility index (Phi) is 4.76. The predicted molar refractivity (Wildman–Crippen MR) is 75.6 cm³/mol. The topological polar surface area (TPSA) is 23.5 Å². The summed E-state index contributed by atoms with van der Waals surface area (Å²) in [6.45, 7) is 4.55. The van der Waals surface area contributed by atoms with Gasteiger partial charge in [-0.3, -0.25) is 4.90 Å². The molecule has 3 atom stereocenters. The first-order chi connectivity index (χ1) is 9.45. The molecule has 0 bridgehead atoms. The van der Waals surface area contributed by atoms with E-state index in [1.54, 1.807) is 13.8 Å². The van der Waals surface area contributed by atoms with Gasteiger partial charge >= 0.3 is 0 Å². The minimum atomic E-state index is -2.70. The number of benzene rings is 1. The normalized spacial score (nSPS) is 28.2. The number of rotatable bonds is 4. The van der Waals surface area contributed by atoms with Gasteiger partial charge in [0.25, 0.3) is 5.92 Å². The van der Waals surface area contributed by atoms with E-state index < -0.39 is 17.8 Å². The average molecular weight is 283 g/mol. The van der Waals surface area contributed by atoms with Crippen LogP contribution in [0.3, 0.4) is 0 Å². The smallest absolute Gasteiger partial charge is 0.256 e. The summed E-state index contributed by atoms with van der Waals surface area (Å²) < 4.78 is 28.5. The van der Waals surface area contributed by atoms with Crippen molar-refractivity contribution in [2.45, 2.75) is 26.3 Å². The zero-order valence-corrected chi connectivity index (χ0v) is 12.1. The number of piperidine rings is 1. The summed E-state index contributed by atoms with van der Waals surface area (Å²) >= 11 is 0. The third kappa shape index (κ3) is 3.18. The highest BCUT2D eigenvalue weighted by molar-refractivity contribution is 5.14. The number of aliphatic hydroxyl groups is 1. The maximum atomic E-state index is 14.3. The molecule has 2 rings (SSSR count). The van der Waals surface area contributed by atoms with E-state index in [0.717, 1.165) is 5.56 Å². The fourth-order valence-electron chi connectivity index (χ4n) is 3.01. The molecule has 4 heteroatoms. The number of nitrogens with zero attached hydrogens (tertiary/aromatic N) is 1. The lowest BCUT2D eigenvalue weighted by Crippen LogP contribution is -2.54. The highest BCUT2D eigenvalue weighted by Crippen LogP contribution is 2.41. The Balaban J connectivity index is 2.10. The number of alkyl halides is 2. The van der Waals surface area contributed by atoms with Crippen LogP contribution in [0.15, 0.2) is 30.3 Å². The number of halogens is 2. The third-order valence-corrected chi connectivity index (χ3v) is 4.36. The largest absolute Gasteiger partial charge is 0.396 e. The summed E-state index contributed by atoms with van der Waals surface area (Å²) in [5, 5.41) is 9.23. The van der Waals surface area contributed by atoms with Crippen LogP contribution in [0.4, 0.5) is 8.78 Å². The van der Waals surface area contributed by atoms with Crippen LogP contribution in [-0.4, -0.2) is 35.6 Å². The van der Waals surface area contributed by atoms with E-state index >= 15 is 0 Å². The molecule has 0 saturated carbocycles. The molecule has 1 N–H and O–H groups in total. The van der Waals surface area contributed by atoms with Crippen molar-refractivity contribution in [3.8, 4) is 0 Å². The first-order valence-corrected chi connectivity index (χ1v) is 7.20. The number of hydrogen-bond acceptors (Lipinski definition) is 2. The molecule has 0 amide bonds. The first kappa shape index (κ1) is 15.4. The molecule has 1 aliphatic rings. The van der Waals surface area contributed by atoms with Gasteiger partial charge in [0.1, 0.15) is 0 Å². The van der Waals surface area contributed by atoms with Crippen molar-refractivity contribution in [2.75, 3.05) is 19.7 Å². The fraction of sp³-hybridized carbons (Fsp3) is 0.625. The van der Waals surface area contributed by atoms with Crippen LogP contribution in [0.5, 0.6) is 0 Å². The standard InChI is InChI=1S/C16H23F2NO/c1-12(11-20)15-10-19(8-13(2)16(15,17)18)9-14-6-4-3-5-7-14/h3-7,12-13,15,20H,8-11H2,1-2H3. The summed E-state index contributed by atoms with van der Waals surface area (Å²) in [7, 11) is 0. The lowest BCUT2D eigenvalue weighted by Gasteiger charge is -2.44. The summed E-state index contributed by atoms with van der Waals surface area (Å²) in [6, 6.07) is 9.91. The molecule has 0 radical (unpaired) electrons. The fourth-order valence-corrected chi connectivity index (χ4v) is 3.01. The van der Waals surface area contributed by atoms with E-state index in [1.165, 1.54) is 0 Å². The van der Waals surface area contributed by atoms with Crippen molar-refractivity contribution >= 4 is 0 Å². The third-order valence-electron chi connectivity index (χ3n) is 4.36. The lowest BCUT2D eigenvalue weighted by molar-refractivity contribution is -0.165. The molecule has 20 heavy (non-hydrogen) atoms. The summed E-state index contributed by atoms with van der Waals surface area (Å²) in [4.78, 5) is 2.08. The van der Waals surface area contributed by atoms with Gasteiger partial charge in [0.2, 0.25) is 0 Å². The van der Waals surface area contributed by atoms with E-state index in [1.807, 2.05) is 30.3 Å². The first-order valence-electron chi connectivity index (χ1n) is 7.20. The molecule has 0 aliphatic carbocycles. The lowest BCUT2D eigenvalue weighted by atomic mass is 9.79. The Morgan fingerprint density at radius 3 is 2.55 bits per heavy atom. The summed E-state index contributed by atoms with van der Waals surface area (Å²) in [5.74, 6) is -4.54. The van der Waals surface area contributed by atoms with E-state index in [9.17, 15) is 13.9 Å². The average Bonchev–Trinajstić information content (AvgIpc) is 2.43. The molecule has 0 spiro atoms. The van der Waals surface area contributed by atoms with Gasteiger partial charge in [-0.1, -0.05) is 44.2 Å². The molecule has 0 aromatic heterocycles. The van der Waals surface area contributed by atoms with E-state index in [0.29, 0.717) is 19.6 Å². The maximum Gasteiger partial charge on any atom is 0.256 e. The van der Waals surface area contributed by atoms with Gasteiger partial charge in [-0.2, -0.15) is 0 Å². The van der Waals surface area contributed by atoms with Crippen LogP contribution < -0.4 is 0 Å². The second kappa shape index (κ2) is 6.19. The maximum absolute atomic E-state index is 14.3. The van der Waals surface area contributed by atoms with Gasteiger partial charge in [-0.15, -0.1) is 0 Å². The Morgan fingerprint density at radius 1 is 1.30 bits per heavy atom. The van der Waals surface area contributed by atoms with Crippen LogP contribution in [-0.2, 0) is 6.54 Å². The minimum Gasteiger partial charge on any atom is -0.396 e. The van der Waals surface area contributed by atoms with Crippen molar-refractivity contribution in [3.63, 3.8) is 0 Å². The number of hydrogen-bond donors (Lipinski definition) is 1. The van der Waals surface area contributed by atoms with Crippen LogP contribution in [0.25, 0.3) is 0 Å². The van der Waals surface area contributed by atoms with Gasteiger partial charge in [0, 0.05) is 38.1 Å². The summed E-state index contributed by atoms with van der Waals surface area (Å²) in [6.07, 6.45) is 0. The molecule has 1 fully saturated rings. The molecule has 1 saturated heterocycles. The molecular weight excluding hydrogens is 260 g/mol. The van der Waals surface area contributed by atoms with Gasteiger partial charge in [0.05, 0.1) is 0 Å². The quantitative estimate of drug-likeness (QED) is 0.918. The van der Waals surface area contributed by atoms with Gasteiger partial charge in [-0.25, -0.2) is 8.78 Å². The zero-order valence-electron chi connectivity index (χ0n) is 12.1. The molecule has 1 aromatic rings. The number of aliphatic hydroxyl groups excluding tert-OH is 1. The van der Waals surface area contributed by atoms with Gasteiger partial charge in [-0.05, 0) is 11.5 Å². The van der Waals surface area contributed by atoms with Crippen LogP contribution in [0.1, 0.15) is 19.4 Å². The molecule has 112 valence electrons. The molecule has 1 heterocycles. The molecule has 1 aromatic carbocycles. The highest BCUT2D eigenvalue weighted by atomic mass is 19.3. The van der Waals surface area contributed by atoms with Crippen LogP contribution in [0, 0.1) is 17.8 Å². The van der Waals surface area contributed by atoms with E-state index in [4.69, 9.17) is 0 Å². The van der Waals surface area contributed by atoms with Crippen molar-refractivity contribution in [1.82, 2.24) is 4.90 Å². The van der Waals surface area contributed by atoms with Crippen molar-refractivity contribution in [3.05, 3.63) is 35.9 Å². The second-order valence-electron chi connectivity index (χ2n) is 6.02. The van der Waals surface area contributed by atoms with E-state index in [2.05, 4.69) is 4.90 Å². The van der Waals surface area contributed by atoms with Crippen molar-refractivity contribution in [2.24, 2.45) is 17.8 Å². The van der Waals surface area contributed by atoms with Gasteiger partial charge < -0.3 is 5.11 Å². The SMILES string of the molecule is CC(CO)C1CN(Cc2ccccc2)CC(C)C1(F)F. The highest BCUT2D eigenvalue weighted by Gasteiger charge is 2.50. The molecule has 1 aliphatic heterocycles. The molecule has 3 unspecified atom stereocenters. The Hall–Kier alpha value is -1.00. The van der Waals surface area contributed by atoms with Crippen molar-refractivity contribution < 1.29 is 13.9 Å². The molecule has 2 nitrogen and oxygen atoms in total. The predicted octanol–water partition coefficient (Wildman–Crippen LogP) is 3.02. The van der Waals surface area contributed by atoms with E-state index in [-0.39, 0.29) is 12.5 Å². The monoisotopic (exact) mass is 283 g/mol. The van der Waals surface area contributed by atoms with Crippen molar-refractivity contribution in [1.29, 1.82) is 0 Å². The second-order valence-corrected chi connectivity index (χ2v) is 6.02. The van der Waals surface area contributed by atoms with Crippen LogP contribution in [0.2, 0.25) is 0 Å².